The number of rotatable bonds is 8. The highest BCUT2D eigenvalue weighted by atomic mass is 32.2. The normalized spacial score (nSPS) is 15.4. The number of imidazole rings is 1. The molecule has 0 saturated carbocycles. The molecule has 178 valence electrons. The Hall–Kier alpha value is -2.96. The van der Waals surface area contributed by atoms with Crippen LogP contribution in [0, 0.1) is 0 Å². The number of hydrogen-bond donors (Lipinski definition) is 5. The van der Waals surface area contributed by atoms with Gasteiger partial charge in [-0.2, -0.15) is 5.21 Å². The number of hydrogen-bond acceptors (Lipinski definition) is 11. The molecule has 0 unspecified atom stereocenters. The minimum Gasteiger partial charge on any atom is -0.390 e. The standard InChI is InChI=1S/C16H22N10O5S2/c17-8-10(27)9-20-33(30,31)12-3-2-11(26-6-1-5-25-7-4-19-16(25)26)13(14(12)32(18,28)29)15-21-23-24-22-15/h2-4,7,10,20,27H,1,5-6,8-9,17H2,(H2,18,28,29)(H,21,22,23,24)/t10-/m0/s1. The van der Waals surface area contributed by atoms with Crippen molar-refractivity contribution in [2.45, 2.75) is 28.9 Å². The Labute approximate surface area is 188 Å². The van der Waals surface area contributed by atoms with Crippen LogP contribution in [0.2, 0.25) is 0 Å². The second-order valence-corrected chi connectivity index (χ2v) is 10.5. The lowest BCUT2D eigenvalue weighted by atomic mass is 10.1. The van der Waals surface area contributed by atoms with Crippen molar-refractivity contribution in [1.82, 2.24) is 34.9 Å². The van der Waals surface area contributed by atoms with E-state index in [9.17, 15) is 21.9 Å². The molecular formula is C16H22N10O5S2. The summed E-state index contributed by atoms with van der Waals surface area (Å²) in [5.74, 6) is 0.364. The third kappa shape index (κ3) is 4.45. The Balaban J connectivity index is 1.97. The van der Waals surface area contributed by atoms with E-state index in [1.54, 1.807) is 17.3 Å². The molecule has 3 aromatic rings. The first-order chi connectivity index (χ1) is 15.6. The average Bonchev–Trinajstić information content (AvgIpc) is 3.47. The van der Waals surface area contributed by atoms with E-state index in [1.807, 2.05) is 4.57 Å². The summed E-state index contributed by atoms with van der Waals surface area (Å²) >= 11 is 0. The van der Waals surface area contributed by atoms with Crippen LogP contribution in [0.15, 0.2) is 34.3 Å². The van der Waals surface area contributed by atoms with Crippen LogP contribution in [0.1, 0.15) is 6.42 Å². The molecule has 4 rings (SSSR count). The van der Waals surface area contributed by atoms with Crippen LogP contribution < -0.4 is 20.5 Å². The number of fused-ring (bicyclic) bond motifs is 1. The van der Waals surface area contributed by atoms with Gasteiger partial charge in [-0.15, -0.1) is 10.2 Å². The molecule has 0 saturated heterocycles. The molecule has 1 aliphatic rings. The smallest absolute Gasteiger partial charge is 0.242 e. The number of benzene rings is 1. The zero-order chi connectivity index (χ0) is 23.8. The van der Waals surface area contributed by atoms with Crippen LogP contribution in [-0.2, 0) is 26.6 Å². The third-order valence-electron chi connectivity index (χ3n) is 5.03. The SMILES string of the molecule is NC[C@H](O)CNS(=O)(=O)c1ccc(N2CCCn3ccnc32)c(-c2nn[nH]n2)c1S(N)(=O)=O. The topological polar surface area (TPSA) is 228 Å². The number of H-pyrrole nitrogens is 1. The van der Waals surface area contributed by atoms with E-state index < -0.39 is 42.5 Å². The Morgan fingerprint density at radius 2 is 2.03 bits per heavy atom. The van der Waals surface area contributed by atoms with Crippen LogP contribution in [0.3, 0.4) is 0 Å². The molecule has 7 N–H and O–H groups in total. The van der Waals surface area contributed by atoms with Crippen molar-refractivity contribution in [3.8, 4) is 11.4 Å². The fraction of sp³-hybridized carbons (Fsp3) is 0.375. The molecule has 2 aromatic heterocycles. The van der Waals surface area contributed by atoms with Gasteiger partial charge in [0.05, 0.1) is 17.4 Å². The van der Waals surface area contributed by atoms with Gasteiger partial charge in [0.15, 0.2) is 0 Å². The number of nitrogens with two attached hydrogens (primary N) is 2. The summed E-state index contributed by atoms with van der Waals surface area (Å²) in [5.41, 5.74) is 5.46. The number of aryl methyl sites for hydroxylation is 1. The van der Waals surface area contributed by atoms with E-state index in [2.05, 4.69) is 30.3 Å². The molecule has 1 aliphatic heterocycles. The van der Waals surface area contributed by atoms with Crippen LogP contribution in [-0.4, -0.2) is 77.9 Å². The minimum absolute atomic E-state index is 0.148. The van der Waals surface area contributed by atoms with E-state index in [4.69, 9.17) is 10.9 Å². The van der Waals surface area contributed by atoms with Crippen LogP contribution in [0.25, 0.3) is 11.4 Å². The molecule has 0 spiro atoms. The molecule has 33 heavy (non-hydrogen) atoms. The second kappa shape index (κ2) is 8.76. The van der Waals surface area contributed by atoms with Gasteiger partial charge in [0, 0.05) is 38.6 Å². The molecule has 17 heteroatoms. The van der Waals surface area contributed by atoms with Gasteiger partial charge in [0.1, 0.15) is 9.79 Å². The average molecular weight is 499 g/mol. The summed E-state index contributed by atoms with van der Waals surface area (Å²) in [7, 11) is -9.06. The van der Waals surface area contributed by atoms with Gasteiger partial charge < -0.3 is 20.3 Å². The van der Waals surface area contributed by atoms with Gasteiger partial charge in [-0.3, -0.25) is 0 Å². The predicted octanol–water partition coefficient (Wildman–Crippen LogP) is -2.15. The maximum absolute atomic E-state index is 13.0. The van der Waals surface area contributed by atoms with Crippen molar-refractivity contribution in [1.29, 1.82) is 0 Å². The van der Waals surface area contributed by atoms with Crippen molar-refractivity contribution >= 4 is 31.7 Å². The predicted molar refractivity (Wildman–Crippen MR) is 115 cm³/mol. The fourth-order valence-electron chi connectivity index (χ4n) is 3.57. The van der Waals surface area contributed by atoms with Gasteiger partial charge >= 0.3 is 0 Å². The first-order valence-electron chi connectivity index (χ1n) is 9.73. The lowest BCUT2D eigenvalue weighted by molar-refractivity contribution is 0.186. The monoisotopic (exact) mass is 498 g/mol. The summed E-state index contributed by atoms with van der Waals surface area (Å²) in [4.78, 5) is 4.72. The van der Waals surface area contributed by atoms with Gasteiger partial charge in [-0.25, -0.2) is 31.7 Å². The maximum atomic E-state index is 13.0. The van der Waals surface area contributed by atoms with E-state index in [0.29, 0.717) is 19.0 Å². The van der Waals surface area contributed by atoms with E-state index in [-0.39, 0.29) is 23.6 Å². The lowest BCUT2D eigenvalue weighted by Gasteiger charge is -2.31. The molecule has 1 atom stereocenters. The Kier molecular flexibility index (Phi) is 6.16. The molecule has 3 heterocycles. The largest absolute Gasteiger partial charge is 0.390 e. The quantitative estimate of drug-likeness (QED) is 0.225. The molecule has 0 bridgehead atoms. The first-order valence-corrected chi connectivity index (χ1v) is 12.8. The minimum atomic E-state index is -4.62. The number of sulfonamides is 2. The number of nitrogens with zero attached hydrogens (tertiary/aromatic N) is 6. The number of aromatic amines is 1. The number of anilines is 2. The van der Waals surface area contributed by atoms with E-state index in [1.165, 1.54) is 6.07 Å². The zero-order valence-electron chi connectivity index (χ0n) is 17.2. The molecule has 0 radical (unpaired) electrons. The molecule has 0 fully saturated rings. The molecule has 0 aliphatic carbocycles. The summed E-state index contributed by atoms with van der Waals surface area (Å²) in [5, 5.41) is 28.6. The van der Waals surface area contributed by atoms with Gasteiger partial charge in [-0.05, 0) is 23.8 Å². The number of aliphatic hydroxyl groups is 1. The summed E-state index contributed by atoms with van der Waals surface area (Å²) in [6.45, 7) is 0.565. The number of primary sulfonamides is 1. The molecule has 15 nitrogen and oxygen atoms in total. The van der Waals surface area contributed by atoms with Crippen molar-refractivity contribution in [3.63, 3.8) is 0 Å². The number of aliphatic hydroxyl groups excluding tert-OH is 1. The van der Waals surface area contributed by atoms with Crippen molar-refractivity contribution in [2.75, 3.05) is 24.5 Å². The summed E-state index contributed by atoms with van der Waals surface area (Å²) in [6, 6.07) is 2.55. The number of tetrazole rings is 1. The Bertz CT molecular complexity index is 1350. The molecule has 1 aromatic carbocycles. The Morgan fingerprint density at radius 3 is 2.70 bits per heavy atom. The Morgan fingerprint density at radius 1 is 1.24 bits per heavy atom. The zero-order valence-corrected chi connectivity index (χ0v) is 18.8. The van der Waals surface area contributed by atoms with Crippen LogP contribution in [0.4, 0.5) is 11.6 Å². The lowest BCUT2D eigenvalue weighted by Crippen LogP contribution is -2.37. The number of aromatic nitrogens is 6. The van der Waals surface area contributed by atoms with Crippen molar-refractivity contribution in [3.05, 3.63) is 24.5 Å². The highest BCUT2D eigenvalue weighted by Crippen LogP contribution is 2.41. The van der Waals surface area contributed by atoms with E-state index in [0.717, 1.165) is 12.5 Å². The first kappa shape index (κ1) is 23.2. The van der Waals surface area contributed by atoms with E-state index >= 15 is 0 Å². The molecular weight excluding hydrogens is 476 g/mol. The second-order valence-electron chi connectivity index (χ2n) is 7.23. The van der Waals surface area contributed by atoms with Gasteiger partial charge in [0.2, 0.25) is 31.8 Å². The van der Waals surface area contributed by atoms with Crippen LogP contribution >= 0.6 is 0 Å². The summed E-state index contributed by atoms with van der Waals surface area (Å²) < 4.78 is 55.5. The highest BCUT2D eigenvalue weighted by Gasteiger charge is 2.34. The fourth-order valence-corrected chi connectivity index (χ4v) is 6.24. The van der Waals surface area contributed by atoms with Gasteiger partial charge in [0.25, 0.3) is 0 Å². The van der Waals surface area contributed by atoms with Crippen LogP contribution in [0.5, 0.6) is 0 Å². The van der Waals surface area contributed by atoms with Gasteiger partial charge in [-0.1, -0.05) is 0 Å². The number of nitrogens with one attached hydrogen (secondary N) is 2. The molecule has 0 amide bonds. The van der Waals surface area contributed by atoms with Crippen molar-refractivity contribution < 1.29 is 21.9 Å². The van der Waals surface area contributed by atoms with Crippen molar-refractivity contribution in [2.24, 2.45) is 10.9 Å². The maximum Gasteiger partial charge on any atom is 0.242 e. The summed E-state index contributed by atoms with van der Waals surface area (Å²) in [6.07, 6.45) is 2.94. The third-order valence-corrected chi connectivity index (χ3v) is 7.62. The highest BCUT2D eigenvalue weighted by molar-refractivity contribution is 7.92.